The summed E-state index contributed by atoms with van der Waals surface area (Å²) in [5.74, 6) is 6.09. The molecule has 0 aromatic rings. The van der Waals surface area contributed by atoms with E-state index in [4.69, 9.17) is 0 Å². The highest BCUT2D eigenvalue weighted by atomic mass is 32.2. The molecule has 0 aromatic carbocycles. The molecule has 0 saturated carbocycles. The van der Waals surface area contributed by atoms with Crippen LogP contribution in [0.5, 0.6) is 0 Å². The molecule has 0 aromatic heterocycles. The van der Waals surface area contributed by atoms with E-state index in [2.05, 4.69) is 26.0 Å². The van der Waals surface area contributed by atoms with Gasteiger partial charge in [0.2, 0.25) is 0 Å². The van der Waals surface area contributed by atoms with Crippen LogP contribution in [0.15, 0.2) is 0 Å². The Morgan fingerprint density at radius 2 is 2.00 bits per heavy atom. The lowest BCUT2D eigenvalue weighted by molar-refractivity contribution is 0.632. The van der Waals surface area contributed by atoms with Crippen LogP contribution < -0.4 is 0 Å². The Kier molecular flexibility index (Phi) is 4.25. The van der Waals surface area contributed by atoms with Crippen molar-refractivity contribution in [1.82, 2.24) is 0 Å². The second-order valence-corrected chi connectivity index (χ2v) is 4.64. The van der Waals surface area contributed by atoms with E-state index in [1.54, 1.807) is 0 Å². The van der Waals surface area contributed by atoms with Crippen LogP contribution in [0.2, 0.25) is 0 Å². The molecule has 0 N–H and O–H groups in total. The average Bonchev–Trinajstić information content (AvgIpc) is 1.61. The molecule has 0 spiro atoms. The molecule has 1 atom stereocenters. The second-order valence-electron chi connectivity index (χ2n) is 2.67. The zero-order valence-electron chi connectivity index (χ0n) is 6.11. The molecule has 0 radical (unpaired) electrons. The molecule has 0 aliphatic rings. The van der Waals surface area contributed by atoms with Crippen LogP contribution in [0.4, 0.5) is 0 Å². The van der Waals surface area contributed by atoms with Gasteiger partial charge < -0.3 is 0 Å². The third-order valence-electron chi connectivity index (χ3n) is 1.04. The predicted octanol–water partition coefficient (Wildman–Crippen LogP) is 2.36. The summed E-state index contributed by atoms with van der Waals surface area (Å²) < 4.78 is 0. The van der Waals surface area contributed by atoms with Gasteiger partial charge in [-0.1, -0.05) is 19.7 Å². The summed E-state index contributed by atoms with van der Waals surface area (Å²) in [6, 6.07) is 0. The van der Waals surface area contributed by atoms with Gasteiger partial charge >= 0.3 is 0 Å². The Morgan fingerprint density at radius 3 is 2.12 bits per heavy atom. The van der Waals surface area contributed by atoms with Gasteiger partial charge in [0.1, 0.15) is 0 Å². The molecule has 0 aliphatic heterocycles. The number of hydrogen-bond acceptors (Lipinski definition) is 0. The van der Waals surface area contributed by atoms with Gasteiger partial charge in [-0.25, -0.2) is 0 Å². The van der Waals surface area contributed by atoms with E-state index in [0.29, 0.717) is 10.5 Å². The summed E-state index contributed by atoms with van der Waals surface area (Å²) >= 11 is 0. The topological polar surface area (TPSA) is 0 Å². The fourth-order valence-corrected chi connectivity index (χ4v) is 1.31. The van der Waals surface area contributed by atoms with Crippen molar-refractivity contribution >= 4 is 16.4 Å². The van der Waals surface area contributed by atoms with E-state index in [1.165, 1.54) is 12.2 Å². The molecule has 0 aliphatic carbocycles. The van der Waals surface area contributed by atoms with Crippen molar-refractivity contribution in [3.8, 4) is 0 Å². The van der Waals surface area contributed by atoms with Crippen molar-refractivity contribution in [2.24, 2.45) is 5.92 Å². The third kappa shape index (κ3) is 6.22. The van der Waals surface area contributed by atoms with Crippen LogP contribution in [0.3, 0.4) is 0 Å². The fourth-order valence-electron chi connectivity index (χ4n) is 0.437. The van der Waals surface area contributed by atoms with Crippen LogP contribution in [-0.4, -0.2) is 17.9 Å². The summed E-state index contributed by atoms with van der Waals surface area (Å²) in [5, 5.41) is 0. The van der Waals surface area contributed by atoms with Crippen LogP contribution in [-0.2, 0) is 0 Å². The van der Waals surface area contributed by atoms with Crippen LogP contribution in [0.1, 0.15) is 20.3 Å². The maximum Gasteiger partial charge on any atom is -0.0123 e. The first-order valence-corrected chi connectivity index (χ1v) is 5.02. The normalized spacial score (nSPS) is 14.5. The molecule has 1 heteroatoms. The molecule has 0 fully saturated rings. The average molecular weight is 132 g/mol. The van der Waals surface area contributed by atoms with Crippen LogP contribution in [0, 0.1) is 5.92 Å². The number of hydrogen-bond donors (Lipinski definition) is 0. The highest BCUT2D eigenvalue weighted by molar-refractivity contribution is 8.13. The Morgan fingerprint density at radius 1 is 1.50 bits per heavy atom. The van der Waals surface area contributed by atoms with Crippen molar-refractivity contribution in [2.45, 2.75) is 20.3 Å². The molecule has 0 saturated heterocycles. The van der Waals surface area contributed by atoms with Crippen molar-refractivity contribution in [3.05, 3.63) is 0 Å². The largest absolute Gasteiger partial charge is 0.196 e. The van der Waals surface area contributed by atoms with E-state index < -0.39 is 0 Å². The fraction of sp³-hybridized carbons (Fsp3) is 0.857. The van der Waals surface area contributed by atoms with E-state index >= 15 is 0 Å². The van der Waals surface area contributed by atoms with E-state index in [-0.39, 0.29) is 0 Å². The lowest BCUT2D eigenvalue weighted by Crippen LogP contribution is -1.89. The van der Waals surface area contributed by atoms with Gasteiger partial charge in [0.15, 0.2) is 0 Å². The lowest BCUT2D eigenvalue weighted by atomic mass is 10.2. The third-order valence-corrected chi connectivity index (χ3v) is 1.98. The summed E-state index contributed by atoms with van der Waals surface area (Å²) in [4.78, 5) is 0. The first-order valence-electron chi connectivity index (χ1n) is 3.05. The summed E-state index contributed by atoms with van der Waals surface area (Å²) in [7, 11) is 0.414. The molecule has 0 bridgehead atoms. The second kappa shape index (κ2) is 4.13. The zero-order chi connectivity index (χ0) is 6.57. The molecule has 1 unspecified atom stereocenters. The SMILES string of the molecule is C=S(C)CCC(C)C. The molecule has 0 amide bonds. The molecule has 8 heavy (non-hydrogen) atoms. The van der Waals surface area contributed by atoms with Crippen LogP contribution >= 0.6 is 10.5 Å². The van der Waals surface area contributed by atoms with Crippen molar-refractivity contribution in [3.63, 3.8) is 0 Å². The first kappa shape index (κ1) is 8.22. The van der Waals surface area contributed by atoms with Gasteiger partial charge in [0.05, 0.1) is 0 Å². The van der Waals surface area contributed by atoms with Crippen molar-refractivity contribution in [1.29, 1.82) is 0 Å². The van der Waals surface area contributed by atoms with Gasteiger partial charge in [-0.15, -0.1) is 0 Å². The van der Waals surface area contributed by atoms with Gasteiger partial charge in [-0.05, 0) is 24.3 Å². The van der Waals surface area contributed by atoms with Crippen LogP contribution in [0.25, 0.3) is 0 Å². The molecule has 0 heterocycles. The Bertz CT molecular complexity index is 74.5. The zero-order valence-corrected chi connectivity index (χ0v) is 6.92. The Hall–Kier alpha value is 0.220. The molecule has 0 rings (SSSR count). The van der Waals surface area contributed by atoms with Gasteiger partial charge in [-0.3, -0.25) is 0 Å². The lowest BCUT2D eigenvalue weighted by Gasteiger charge is -2.02. The maximum atomic E-state index is 3.94. The molecule has 50 valence electrons. The van der Waals surface area contributed by atoms with Gasteiger partial charge in [0.25, 0.3) is 0 Å². The Balaban J connectivity index is 3.05. The quantitative estimate of drug-likeness (QED) is 0.517. The standard InChI is InChI=1S/C7H16S/c1-7(2)5-6-8(3)4/h7H,3,5-6H2,1-2,4H3. The smallest absolute Gasteiger partial charge is 0.0123 e. The molecule has 0 nitrogen and oxygen atoms in total. The number of rotatable bonds is 3. The molecular formula is C7H16S. The maximum absolute atomic E-state index is 3.94. The van der Waals surface area contributed by atoms with E-state index in [0.717, 1.165) is 5.92 Å². The predicted molar refractivity (Wildman–Crippen MR) is 45.0 cm³/mol. The summed E-state index contributed by atoms with van der Waals surface area (Å²) in [5.41, 5.74) is 0. The monoisotopic (exact) mass is 132 g/mol. The minimum atomic E-state index is 0.414. The van der Waals surface area contributed by atoms with Gasteiger partial charge in [-0.2, -0.15) is 10.5 Å². The van der Waals surface area contributed by atoms with Crippen molar-refractivity contribution in [2.75, 3.05) is 12.0 Å². The summed E-state index contributed by atoms with van der Waals surface area (Å²) in [6.45, 7) is 4.51. The van der Waals surface area contributed by atoms with E-state index in [1.807, 2.05) is 0 Å². The van der Waals surface area contributed by atoms with Crippen molar-refractivity contribution < 1.29 is 0 Å². The minimum absolute atomic E-state index is 0.414. The van der Waals surface area contributed by atoms with E-state index in [9.17, 15) is 0 Å². The molecular weight excluding hydrogens is 116 g/mol. The first-order chi connectivity index (χ1) is 3.63. The highest BCUT2D eigenvalue weighted by Gasteiger charge is 1.90. The summed E-state index contributed by atoms with van der Waals surface area (Å²) in [6.07, 6.45) is 3.53. The minimum Gasteiger partial charge on any atom is -0.196 e. The highest BCUT2D eigenvalue weighted by Crippen LogP contribution is 2.09. The Labute approximate surface area is 55.2 Å². The van der Waals surface area contributed by atoms with Gasteiger partial charge in [0, 0.05) is 0 Å².